The number of benzene rings is 1. The van der Waals surface area contributed by atoms with E-state index in [1.54, 1.807) is 18.2 Å². The van der Waals surface area contributed by atoms with Crippen LogP contribution in [-0.2, 0) is 4.79 Å². The van der Waals surface area contributed by atoms with Crippen molar-refractivity contribution in [2.75, 3.05) is 0 Å². The van der Waals surface area contributed by atoms with E-state index in [9.17, 15) is 22.8 Å². The smallest absolute Gasteiger partial charge is 0.341 e. The van der Waals surface area contributed by atoms with Gasteiger partial charge in [0.2, 0.25) is 0 Å². The fraction of sp³-hybridized carbons (Fsp3) is 0.412. The summed E-state index contributed by atoms with van der Waals surface area (Å²) in [4.78, 5) is 22.9. The first-order valence-corrected chi connectivity index (χ1v) is 7.36. The Bertz CT molecular complexity index is 683. The van der Waals surface area contributed by atoms with Crippen molar-refractivity contribution in [3.63, 3.8) is 0 Å². The predicted octanol–water partition coefficient (Wildman–Crippen LogP) is 3.53. The van der Waals surface area contributed by atoms with Crippen molar-refractivity contribution in [1.29, 1.82) is 0 Å². The molecule has 122 valence electrons. The molecule has 1 aromatic carbocycles. The van der Waals surface area contributed by atoms with E-state index in [1.807, 2.05) is 5.32 Å². The zero-order valence-electron chi connectivity index (χ0n) is 12.6. The van der Waals surface area contributed by atoms with Gasteiger partial charge < -0.3 is 5.32 Å². The molecule has 1 atom stereocenters. The summed E-state index contributed by atoms with van der Waals surface area (Å²) in [6, 6.07) is 3.86. The number of ketones is 1. The largest absolute Gasteiger partial charge is 0.471 e. The summed E-state index contributed by atoms with van der Waals surface area (Å²) < 4.78 is 37.1. The fourth-order valence-corrected chi connectivity index (χ4v) is 2.39. The minimum Gasteiger partial charge on any atom is -0.341 e. The number of fused-ring (bicyclic) bond motifs is 1. The number of unbranched alkanes of at least 4 members (excludes halogenated alkanes) is 2. The third-order valence-corrected chi connectivity index (χ3v) is 3.57. The molecule has 0 heterocycles. The van der Waals surface area contributed by atoms with Gasteiger partial charge in [0, 0.05) is 24.0 Å². The Kier molecular flexibility index (Phi) is 5.09. The average molecular weight is 323 g/mol. The van der Waals surface area contributed by atoms with Crippen LogP contribution in [0.2, 0.25) is 0 Å². The van der Waals surface area contributed by atoms with Crippen LogP contribution in [0.1, 0.15) is 60.1 Å². The van der Waals surface area contributed by atoms with Crippen molar-refractivity contribution in [2.45, 2.75) is 44.8 Å². The molecular weight excluding hydrogens is 307 g/mol. The molecule has 23 heavy (non-hydrogen) atoms. The number of nitrogens with one attached hydrogen (secondary N) is 1. The average Bonchev–Trinajstić information content (AvgIpc) is 2.79. The Morgan fingerprint density at radius 3 is 2.78 bits per heavy atom. The second-order valence-corrected chi connectivity index (χ2v) is 5.36. The van der Waals surface area contributed by atoms with E-state index in [1.165, 1.54) is 0 Å². The van der Waals surface area contributed by atoms with E-state index < -0.39 is 18.1 Å². The normalized spacial score (nSPS) is 16.5. The van der Waals surface area contributed by atoms with Gasteiger partial charge in [-0.15, -0.1) is 0 Å². The minimum absolute atomic E-state index is 0.163. The standard InChI is InChI=1S/C17H16F3NO2/c1-2-3-4-5-6-11-7-8-12-13(9-11)14(10-15(12)22)21-16(23)17(18,19)20/h7-9,14H,2-4,10H2,1H3,(H,21,23). The molecule has 3 nitrogen and oxygen atoms in total. The van der Waals surface area contributed by atoms with E-state index in [0.29, 0.717) is 16.7 Å². The molecule has 1 amide bonds. The molecule has 0 saturated heterocycles. The van der Waals surface area contributed by atoms with Crippen molar-refractivity contribution in [3.05, 3.63) is 34.9 Å². The topological polar surface area (TPSA) is 46.2 Å². The number of halogens is 3. The maximum absolute atomic E-state index is 12.4. The summed E-state index contributed by atoms with van der Waals surface area (Å²) in [5.74, 6) is 3.60. The zero-order valence-corrected chi connectivity index (χ0v) is 12.6. The number of amides is 1. The molecule has 2 rings (SSSR count). The lowest BCUT2D eigenvalue weighted by Gasteiger charge is -2.14. The number of hydrogen-bond donors (Lipinski definition) is 1. The van der Waals surface area contributed by atoms with Crippen molar-refractivity contribution in [2.24, 2.45) is 0 Å². The molecule has 1 aliphatic rings. The molecule has 6 heteroatoms. The number of hydrogen-bond acceptors (Lipinski definition) is 2. The number of rotatable bonds is 3. The first-order chi connectivity index (χ1) is 10.8. The lowest BCUT2D eigenvalue weighted by molar-refractivity contribution is -0.174. The van der Waals surface area contributed by atoms with Gasteiger partial charge in [-0.05, 0) is 30.2 Å². The summed E-state index contributed by atoms with van der Waals surface area (Å²) in [7, 11) is 0. The Morgan fingerprint density at radius 2 is 2.13 bits per heavy atom. The highest BCUT2D eigenvalue weighted by molar-refractivity contribution is 6.02. The second-order valence-electron chi connectivity index (χ2n) is 5.36. The molecule has 0 spiro atoms. The van der Waals surface area contributed by atoms with Crippen LogP contribution < -0.4 is 5.32 Å². The molecule has 0 aromatic heterocycles. The summed E-state index contributed by atoms with van der Waals surface area (Å²) in [6.45, 7) is 2.05. The molecule has 0 aliphatic heterocycles. The van der Waals surface area contributed by atoms with Crippen LogP contribution in [0.3, 0.4) is 0 Å². The molecule has 1 aliphatic carbocycles. The van der Waals surface area contributed by atoms with Crippen LogP contribution in [-0.4, -0.2) is 17.9 Å². The number of carbonyl (C=O) groups is 2. The van der Waals surface area contributed by atoms with E-state index in [4.69, 9.17) is 0 Å². The van der Waals surface area contributed by atoms with Crippen LogP contribution in [0.4, 0.5) is 13.2 Å². The van der Waals surface area contributed by atoms with Crippen molar-refractivity contribution in [1.82, 2.24) is 5.32 Å². The van der Waals surface area contributed by atoms with Gasteiger partial charge in [-0.2, -0.15) is 13.2 Å². The van der Waals surface area contributed by atoms with Crippen LogP contribution >= 0.6 is 0 Å². The van der Waals surface area contributed by atoms with Gasteiger partial charge in [0.05, 0.1) is 6.04 Å². The first kappa shape index (κ1) is 17.1. The Morgan fingerprint density at radius 1 is 1.39 bits per heavy atom. The fourth-order valence-electron chi connectivity index (χ4n) is 2.39. The van der Waals surface area contributed by atoms with Gasteiger partial charge in [0.15, 0.2) is 5.78 Å². The summed E-state index contributed by atoms with van der Waals surface area (Å²) >= 11 is 0. The van der Waals surface area contributed by atoms with E-state index in [0.717, 1.165) is 19.3 Å². The molecule has 1 N–H and O–H groups in total. The molecule has 1 unspecified atom stereocenters. The first-order valence-electron chi connectivity index (χ1n) is 7.36. The van der Waals surface area contributed by atoms with Crippen molar-refractivity contribution >= 4 is 11.7 Å². The predicted molar refractivity (Wildman–Crippen MR) is 78.7 cm³/mol. The van der Waals surface area contributed by atoms with Crippen LogP contribution in [0.5, 0.6) is 0 Å². The summed E-state index contributed by atoms with van der Waals surface area (Å²) in [6.07, 6.45) is -2.40. The molecule has 0 radical (unpaired) electrons. The molecular formula is C17H16F3NO2. The van der Waals surface area contributed by atoms with E-state index in [2.05, 4.69) is 18.8 Å². The zero-order chi connectivity index (χ0) is 17.0. The lowest BCUT2D eigenvalue weighted by Crippen LogP contribution is -2.38. The van der Waals surface area contributed by atoms with Crippen LogP contribution in [0.15, 0.2) is 18.2 Å². The van der Waals surface area contributed by atoms with Crippen molar-refractivity contribution < 1.29 is 22.8 Å². The SMILES string of the molecule is CCCCC#Cc1ccc2c(c1)C(NC(=O)C(F)(F)F)CC2=O. The molecule has 0 saturated carbocycles. The maximum Gasteiger partial charge on any atom is 0.471 e. The highest BCUT2D eigenvalue weighted by atomic mass is 19.4. The number of alkyl halides is 3. The van der Waals surface area contributed by atoms with Crippen LogP contribution in [0.25, 0.3) is 0 Å². The van der Waals surface area contributed by atoms with Gasteiger partial charge in [-0.3, -0.25) is 9.59 Å². The maximum atomic E-state index is 12.4. The minimum atomic E-state index is -4.97. The monoisotopic (exact) mass is 323 g/mol. The van der Waals surface area contributed by atoms with Gasteiger partial charge in [0.1, 0.15) is 0 Å². The molecule has 0 bridgehead atoms. The number of Topliss-reactive ketones (excluding diaryl/α,β-unsaturated/α-hetero) is 1. The van der Waals surface area contributed by atoms with Crippen molar-refractivity contribution in [3.8, 4) is 11.8 Å². The lowest BCUT2D eigenvalue weighted by atomic mass is 10.0. The Balaban J connectivity index is 2.21. The van der Waals surface area contributed by atoms with E-state index >= 15 is 0 Å². The van der Waals surface area contributed by atoms with Gasteiger partial charge in [0.25, 0.3) is 0 Å². The van der Waals surface area contributed by atoms with Gasteiger partial charge >= 0.3 is 12.1 Å². The summed E-state index contributed by atoms with van der Waals surface area (Å²) in [5.41, 5.74) is 1.37. The third-order valence-electron chi connectivity index (χ3n) is 3.57. The molecule has 1 aromatic rings. The quantitative estimate of drug-likeness (QED) is 0.683. The highest BCUT2D eigenvalue weighted by Crippen LogP contribution is 2.32. The van der Waals surface area contributed by atoms with Gasteiger partial charge in [-0.25, -0.2) is 0 Å². The third kappa shape index (κ3) is 4.13. The number of carbonyl (C=O) groups excluding carboxylic acids is 2. The van der Waals surface area contributed by atoms with E-state index in [-0.39, 0.29) is 12.2 Å². The molecule has 0 fully saturated rings. The second kappa shape index (κ2) is 6.86. The Hall–Kier alpha value is -2.29. The summed E-state index contributed by atoms with van der Waals surface area (Å²) in [5, 5.41) is 1.88. The highest BCUT2D eigenvalue weighted by Gasteiger charge is 2.41. The van der Waals surface area contributed by atoms with Crippen LogP contribution in [0, 0.1) is 11.8 Å². The Labute approximate surface area is 132 Å². The van der Waals surface area contributed by atoms with Gasteiger partial charge in [-0.1, -0.05) is 25.2 Å².